The summed E-state index contributed by atoms with van der Waals surface area (Å²) in [6.07, 6.45) is 3.91. The molecule has 0 aliphatic heterocycles. The first-order valence-corrected chi connectivity index (χ1v) is 7.84. The van der Waals surface area contributed by atoms with Crippen molar-refractivity contribution >= 4 is 34.0 Å². The Kier molecular flexibility index (Phi) is 2.89. The predicted octanol–water partition coefficient (Wildman–Crippen LogP) is 3.65. The second-order valence-corrected chi connectivity index (χ2v) is 6.87. The van der Waals surface area contributed by atoms with Crippen LogP contribution in [0.25, 0.3) is 10.9 Å². The van der Waals surface area contributed by atoms with Gasteiger partial charge in [0.1, 0.15) is 22.2 Å². The van der Waals surface area contributed by atoms with Crippen LogP contribution in [0.1, 0.15) is 23.8 Å². The van der Waals surface area contributed by atoms with Crippen molar-refractivity contribution < 1.29 is 4.39 Å². The van der Waals surface area contributed by atoms with Crippen LogP contribution in [0, 0.1) is 5.82 Å². The van der Waals surface area contributed by atoms with Crippen molar-refractivity contribution in [1.82, 2.24) is 20.2 Å². The van der Waals surface area contributed by atoms with Crippen LogP contribution in [0.2, 0.25) is 0 Å². The molecule has 2 heterocycles. The molecule has 1 aromatic carbocycles. The zero-order chi connectivity index (χ0) is 13.5. The highest BCUT2D eigenvalue weighted by Gasteiger charge is 2.27. The van der Waals surface area contributed by atoms with Crippen molar-refractivity contribution in [2.24, 2.45) is 0 Å². The van der Waals surface area contributed by atoms with Crippen LogP contribution >= 0.6 is 23.1 Å². The lowest BCUT2D eigenvalue weighted by Crippen LogP contribution is -1.87. The molecule has 0 saturated heterocycles. The van der Waals surface area contributed by atoms with Crippen molar-refractivity contribution in [2.45, 2.75) is 28.1 Å². The molecular weight excluding hydrogens is 295 g/mol. The zero-order valence-corrected chi connectivity index (χ0v) is 11.9. The molecule has 0 spiro atoms. The van der Waals surface area contributed by atoms with E-state index in [0.717, 1.165) is 14.9 Å². The van der Waals surface area contributed by atoms with Crippen molar-refractivity contribution in [3.63, 3.8) is 0 Å². The largest absolute Gasteiger partial charge is 0.236 e. The Labute approximate surface area is 122 Å². The van der Waals surface area contributed by atoms with Gasteiger partial charge in [0.25, 0.3) is 0 Å². The van der Waals surface area contributed by atoms with E-state index in [9.17, 15) is 4.39 Å². The molecule has 0 bridgehead atoms. The quantitative estimate of drug-likeness (QED) is 0.691. The van der Waals surface area contributed by atoms with Gasteiger partial charge in [-0.1, -0.05) is 11.3 Å². The van der Waals surface area contributed by atoms with Crippen LogP contribution < -0.4 is 0 Å². The molecule has 1 saturated carbocycles. The summed E-state index contributed by atoms with van der Waals surface area (Å²) in [4.78, 5) is 8.38. The molecule has 3 aromatic rings. The minimum Gasteiger partial charge on any atom is -0.236 e. The summed E-state index contributed by atoms with van der Waals surface area (Å²) < 4.78 is 14.2. The lowest BCUT2D eigenvalue weighted by molar-refractivity contribution is 0.629. The highest BCUT2D eigenvalue weighted by atomic mass is 32.2. The summed E-state index contributed by atoms with van der Waals surface area (Å²) >= 11 is 3.02. The van der Waals surface area contributed by atoms with Gasteiger partial charge in [0.05, 0.1) is 5.52 Å². The molecule has 7 heteroatoms. The summed E-state index contributed by atoms with van der Waals surface area (Å²) in [5.74, 6) is 0.312. The average Bonchev–Trinajstić information content (AvgIpc) is 3.20. The van der Waals surface area contributed by atoms with E-state index in [1.807, 2.05) is 0 Å². The third kappa shape index (κ3) is 2.27. The molecule has 0 atom stereocenters. The fraction of sp³-hybridized carbons (Fsp3) is 0.231. The summed E-state index contributed by atoms with van der Waals surface area (Å²) in [5, 5.41) is 10.9. The van der Waals surface area contributed by atoms with Gasteiger partial charge in [0.2, 0.25) is 0 Å². The van der Waals surface area contributed by atoms with Gasteiger partial charge in [-0.3, -0.25) is 0 Å². The van der Waals surface area contributed by atoms with E-state index in [1.54, 1.807) is 17.4 Å². The van der Waals surface area contributed by atoms with Crippen molar-refractivity contribution in [2.75, 3.05) is 0 Å². The van der Waals surface area contributed by atoms with Crippen LogP contribution in [0.5, 0.6) is 0 Å². The van der Waals surface area contributed by atoms with E-state index in [0.29, 0.717) is 16.3 Å². The van der Waals surface area contributed by atoms with E-state index in [4.69, 9.17) is 0 Å². The molecule has 0 unspecified atom stereocenters. The molecule has 0 N–H and O–H groups in total. The number of nitrogens with zero attached hydrogens (tertiary/aromatic N) is 4. The Morgan fingerprint density at radius 3 is 2.95 bits per heavy atom. The Hall–Kier alpha value is -1.60. The van der Waals surface area contributed by atoms with Gasteiger partial charge in [-0.25, -0.2) is 14.4 Å². The van der Waals surface area contributed by atoms with E-state index >= 15 is 0 Å². The summed E-state index contributed by atoms with van der Waals surface area (Å²) in [6, 6.07) is 4.52. The lowest BCUT2D eigenvalue weighted by Gasteiger charge is -2.02. The number of fused-ring (bicyclic) bond motifs is 1. The maximum Gasteiger partial charge on any atom is 0.180 e. The van der Waals surface area contributed by atoms with Gasteiger partial charge in [-0.2, -0.15) is 0 Å². The molecule has 1 aliphatic rings. The maximum atomic E-state index is 13.4. The second-order valence-electron chi connectivity index (χ2n) is 4.62. The van der Waals surface area contributed by atoms with Crippen LogP contribution in [0.3, 0.4) is 0 Å². The van der Waals surface area contributed by atoms with Crippen LogP contribution in [0.4, 0.5) is 4.39 Å². The zero-order valence-electron chi connectivity index (χ0n) is 10.3. The third-order valence-corrected chi connectivity index (χ3v) is 5.25. The topological polar surface area (TPSA) is 51.6 Å². The number of halogens is 1. The molecule has 0 amide bonds. The summed E-state index contributed by atoms with van der Waals surface area (Å²) in [5.41, 5.74) is 0.732. The minimum atomic E-state index is -0.287. The van der Waals surface area contributed by atoms with E-state index in [-0.39, 0.29) is 5.82 Å². The molecular formula is C13H9FN4S2. The summed E-state index contributed by atoms with van der Waals surface area (Å²) in [6.45, 7) is 0. The molecule has 1 aliphatic carbocycles. The van der Waals surface area contributed by atoms with Gasteiger partial charge in [0.15, 0.2) is 4.34 Å². The monoisotopic (exact) mass is 304 g/mol. The van der Waals surface area contributed by atoms with E-state index < -0.39 is 0 Å². The number of aromatic nitrogens is 4. The standard InChI is InChI=1S/C13H9FN4S2/c14-8-3-4-10-9(5-8)12(16-6-15-10)20-13-18-17-11(19-13)7-1-2-7/h3-7H,1-2H2. The Bertz CT molecular complexity index is 785. The number of hydrogen-bond acceptors (Lipinski definition) is 6. The van der Waals surface area contributed by atoms with Crippen LogP contribution in [-0.4, -0.2) is 20.2 Å². The first-order valence-electron chi connectivity index (χ1n) is 6.21. The highest BCUT2D eigenvalue weighted by Crippen LogP contribution is 2.43. The van der Waals surface area contributed by atoms with Gasteiger partial charge >= 0.3 is 0 Å². The Morgan fingerprint density at radius 2 is 2.10 bits per heavy atom. The Morgan fingerprint density at radius 1 is 1.20 bits per heavy atom. The van der Waals surface area contributed by atoms with E-state index in [1.165, 1.54) is 43.1 Å². The number of rotatable bonds is 3. The fourth-order valence-corrected chi connectivity index (χ4v) is 3.95. The number of benzene rings is 1. The van der Waals surface area contributed by atoms with Crippen LogP contribution in [0.15, 0.2) is 33.9 Å². The summed E-state index contributed by atoms with van der Waals surface area (Å²) in [7, 11) is 0. The Balaban J connectivity index is 1.71. The van der Waals surface area contributed by atoms with Gasteiger partial charge < -0.3 is 0 Å². The number of hydrogen-bond donors (Lipinski definition) is 0. The molecule has 20 heavy (non-hydrogen) atoms. The molecule has 100 valence electrons. The molecule has 4 nitrogen and oxygen atoms in total. The average molecular weight is 304 g/mol. The minimum absolute atomic E-state index is 0.287. The van der Waals surface area contributed by atoms with Crippen molar-refractivity contribution in [3.8, 4) is 0 Å². The van der Waals surface area contributed by atoms with Gasteiger partial charge in [-0.15, -0.1) is 10.2 Å². The predicted molar refractivity (Wildman–Crippen MR) is 75.5 cm³/mol. The molecule has 4 rings (SSSR count). The first-order chi connectivity index (χ1) is 9.79. The van der Waals surface area contributed by atoms with Crippen LogP contribution in [-0.2, 0) is 0 Å². The van der Waals surface area contributed by atoms with Gasteiger partial charge in [-0.05, 0) is 42.8 Å². The molecule has 1 fully saturated rings. The third-order valence-electron chi connectivity index (χ3n) is 3.09. The maximum absolute atomic E-state index is 13.4. The molecule has 0 radical (unpaired) electrons. The second kappa shape index (κ2) is 4.75. The first kappa shape index (κ1) is 12.2. The highest BCUT2D eigenvalue weighted by molar-refractivity contribution is 8.01. The van der Waals surface area contributed by atoms with Crippen molar-refractivity contribution in [1.29, 1.82) is 0 Å². The van der Waals surface area contributed by atoms with Gasteiger partial charge in [0, 0.05) is 11.3 Å². The van der Waals surface area contributed by atoms with Crippen molar-refractivity contribution in [3.05, 3.63) is 35.4 Å². The smallest absolute Gasteiger partial charge is 0.180 e. The SMILES string of the molecule is Fc1ccc2ncnc(Sc3nnc(C4CC4)s3)c2c1. The lowest BCUT2D eigenvalue weighted by atomic mass is 10.2. The normalized spacial score (nSPS) is 14.8. The van der Waals surface area contributed by atoms with E-state index in [2.05, 4.69) is 20.2 Å². The fourth-order valence-electron chi connectivity index (χ4n) is 1.93. The molecule has 2 aromatic heterocycles.